The number of aryl methyl sites for hydroxylation is 1. The van der Waals surface area contributed by atoms with Crippen molar-refractivity contribution >= 4 is 16.4 Å². The standard InChI is InChI=1S/C30H20N6O3/c1-17-24-25(23-12-7-13-38-23)26-28-32-27(21-14-18-8-5-6-9-19(18)15-22(21)37)34-35(28)16-31-29(26)39-30(24)36(33-17)20-10-3-2-4-11-20/h2-16,25,37H,1H3/t25-/m1/s1. The van der Waals surface area contributed by atoms with Crippen molar-refractivity contribution in [3.8, 4) is 34.6 Å². The molecule has 8 rings (SSSR count). The average Bonchev–Trinajstić information content (AvgIpc) is 3.71. The second-order valence-corrected chi connectivity index (χ2v) is 9.49. The van der Waals surface area contributed by atoms with Crippen LogP contribution in [0.25, 0.3) is 33.5 Å². The summed E-state index contributed by atoms with van der Waals surface area (Å²) in [5.41, 5.74) is 4.35. The molecule has 188 valence electrons. The summed E-state index contributed by atoms with van der Waals surface area (Å²) in [4.78, 5) is 9.52. The van der Waals surface area contributed by atoms with Crippen LogP contribution in [0.1, 0.15) is 28.5 Å². The molecule has 1 atom stereocenters. The SMILES string of the molecule is Cc1nn(-c2ccccc2)c2c1[C@@H](c1ccco1)c1c(ncn3nc(-c4cc5ccccc5cc4O)nc13)O2. The van der Waals surface area contributed by atoms with Crippen molar-refractivity contribution in [3.63, 3.8) is 0 Å². The third kappa shape index (κ3) is 3.19. The normalized spacial score (nSPS) is 14.3. The van der Waals surface area contributed by atoms with Crippen LogP contribution < -0.4 is 4.74 Å². The molecule has 3 aromatic carbocycles. The van der Waals surface area contributed by atoms with Crippen LogP contribution in [0.15, 0.2) is 95.9 Å². The van der Waals surface area contributed by atoms with Crippen LogP contribution in [0.3, 0.4) is 0 Å². The highest BCUT2D eigenvalue weighted by atomic mass is 16.5. The topological polar surface area (TPSA) is 104 Å². The number of aromatic nitrogens is 6. The van der Waals surface area contributed by atoms with E-state index in [0.717, 1.165) is 33.3 Å². The van der Waals surface area contributed by atoms with Crippen LogP contribution in [0.2, 0.25) is 0 Å². The van der Waals surface area contributed by atoms with Gasteiger partial charge in [0.25, 0.3) is 0 Å². The molecule has 0 bridgehead atoms. The van der Waals surface area contributed by atoms with Crippen molar-refractivity contribution in [3.05, 3.63) is 114 Å². The van der Waals surface area contributed by atoms with Gasteiger partial charge in [-0.15, -0.1) is 5.10 Å². The minimum absolute atomic E-state index is 0.104. The maximum absolute atomic E-state index is 10.8. The number of phenols is 1. The van der Waals surface area contributed by atoms with E-state index < -0.39 is 0 Å². The number of nitrogens with zero attached hydrogens (tertiary/aromatic N) is 6. The molecule has 0 unspecified atom stereocenters. The predicted molar refractivity (Wildman–Crippen MR) is 143 cm³/mol. The molecule has 0 spiro atoms. The summed E-state index contributed by atoms with van der Waals surface area (Å²) in [6.45, 7) is 1.96. The minimum Gasteiger partial charge on any atom is -0.507 e. The lowest BCUT2D eigenvalue weighted by Gasteiger charge is -2.24. The zero-order valence-corrected chi connectivity index (χ0v) is 20.7. The molecule has 0 saturated heterocycles. The lowest BCUT2D eigenvalue weighted by atomic mass is 9.88. The number of aromatic hydroxyl groups is 1. The van der Waals surface area contributed by atoms with Crippen molar-refractivity contribution < 1.29 is 14.3 Å². The Morgan fingerprint density at radius 3 is 2.46 bits per heavy atom. The van der Waals surface area contributed by atoms with Gasteiger partial charge in [-0.25, -0.2) is 19.2 Å². The second kappa shape index (κ2) is 8.03. The largest absolute Gasteiger partial charge is 0.507 e. The Morgan fingerprint density at radius 1 is 0.872 bits per heavy atom. The van der Waals surface area contributed by atoms with Crippen molar-refractivity contribution in [2.45, 2.75) is 12.8 Å². The zero-order chi connectivity index (χ0) is 26.1. The zero-order valence-electron chi connectivity index (χ0n) is 20.7. The summed E-state index contributed by atoms with van der Waals surface area (Å²) in [5.74, 6) is 1.80. The van der Waals surface area contributed by atoms with E-state index in [2.05, 4.69) is 10.1 Å². The molecule has 1 aliphatic rings. The van der Waals surface area contributed by atoms with Crippen LogP contribution in [0.5, 0.6) is 17.5 Å². The molecule has 1 aliphatic heterocycles. The van der Waals surface area contributed by atoms with E-state index >= 15 is 0 Å². The first kappa shape index (κ1) is 21.6. The van der Waals surface area contributed by atoms with Crippen LogP contribution in [0, 0.1) is 6.92 Å². The van der Waals surface area contributed by atoms with Gasteiger partial charge >= 0.3 is 0 Å². The van der Waals surface area contributed by atoms with Gasteiger partial charge in [0.2, 0.25) is 11.8 Å². The number of phenolic OH excluding ortho intramolecular Hbond substituents is 1. The molecule has 1 N–H and O–H groups in total. The first-order chi connectivity index (χ1) is 19.2. The third-order valence-corrected chi connectivity index (χ3v) is 7.15. The highest BCUT2D eigenvalue weighted by Crippen LogP contribution is 2.50. The van der Waals surface area contributed by atoms with Gasteiger partial charge in [0.1, 0.15) is 17.8 Å². The van der Waals surface area contributed by atoms with E-state index in [9.17, 15) is 5.11 Å². The Bertz CT molecular complexity index is 2030. The number of furan rings is 1. The number of hydrogen-bond donors (Lipinski definition) is 1. The maximum Gasteiger partial charge on any atom is 0.230 e. The summed E-state index contributed by atoms with van der Waals surface area (Å²) < 4.78 is 15.8. The summed E-state index contributed by atoms with van der Waals surface area (Å²) >= 11 is 0. The lowest BCUT2D eigenvalue weighted by Crippen LogP contribution is -2.15. The van der Waals surface area contributed by atoms with Gasteiger partial charge in [-0.3, -0.25) is 0 Å². The number of rotatable bonds is 3. The Balaban J connectivity index is 1.36. The molecule has 0 amide bonds. The molecule has 0 fully saturated rings. The van der Waals surface area contributed by atoms with E-state index in [1.54, 1.807) is 27.9 Å². The first-order valence-corrected chi connectivity index (χ1v) is 12.5. The van der Waals surface area contributed by atoms with Crippen LogP contribution in [0.4, 0.5) is 0 Å². The smallest absolute Gasteiger partial charge is 0.230 e. The second-order valence-electron chi connectivity index (χ2n) is 9.49. The highest BCUT2D eigenvalue weighted by molar-refractivity contribution is 5.89. The van der Waals surface area contributed by atoms with E-state index in [1.165, 1.54) is 0 Å². The fourth-order valence-corrected chi connectivity index (χ4v) is 5.38. The Hall–Kier alpha value is -5.44. The molecule has 4 aromatic heterocycles. The monoisotopic (exact) mass is 512 g/mol. The summed E-state index contributed by atoms with van der Waals surface area (Å²) in [5, 5.41) is 22.3. The first-order valence-electron chi connectivity index (χ1n) is 12.5. The van der Waals surface area contributed by atoms with Crippen molar-refractivity contribution in [2.75, 3.05) is 0 Å². The van der Waals surface area contributed by atoms with E-state index in [-0.39, 0.29) is 11.7 Å². The Kier molecular flexibility index (Phi) is 4.45. The van der Waals surface area contributed by atoms with E-state index in [4.69, 9.17) is 19.2 Å². The van der Waals surface area contributed by atoms with E-state index in [1.807, 2.05) is 79.7 Å². The Labute approximate surface area is 221 Å². The average molecular weight is 513 g/mol. The van der Waals surface area contributed by atoms with Crippen LogP contribution >= 0.6 is 0 Å². The molecule has 39 heavy (non-hydrogen) atoms. The Morgan fingerprint density at radius 2 is 1.67 bits per heavy atom. The number of fused-ring (bicyclic) bond motifs is 5. The summed E-state index contributed by atoms with van der Waals surface area (Å²) in [6.07, 6.45) is 3.22. The highest BCUT2D eigenvalue weighted by Gasteiger charge is 2.39. The van der Waals surface area contributed by atoms with E-state index in [0.29, 0.717) is 34.6 Å². The van der Waals surface area contributed by atoms with Gasteiger partial charge in [0.15, 0.2) is 11.5 Å². The quantitative estimate of drug-likeness (QED) is 0.309. The van der Waals surface area contributed by atoms with Crippen molar-refractivity contribution in [1.29, 1.82) is 0 Å². The number of benzene rings is 3. The van der Waals surface area contributed by atoms with Crippen LogP contribution in [-0.4, -0.2) is 34.5 Å². The molecule has 9 nitrogen and oxygen atoms in total. The molecule has 9 heteroatoms. The molecule has 0 saturated carbocycles. The summed E-state index contributed by atoms with van der Waals surface area (Å²) in [7, 11) is 0. The van der Waals surface area contributed by atoms with Gasteiger partial charge in [-0.1, -0.05) is 42.5 Å². The fourth-order valence-electron chi connectivity index (χ4n) is 5.38. The van der Waals surface area contributed by atoms with Gasteiger partial charge in [0.05, 0.1) is 40.3 Å². The number of ether oxygens (including phenoxy) is 1. The third-order valence-electron chi connectivity index (χ3n) is 7.15. The van der Waals surface area contributed by atoms with Gasteiger partial charge in [0, 0.05) is 0 Å². The molecule has 0 radical (unpaired) electrons. The lowest BCUT2D eigenvalue weighted by molar-refractivity contribution is 0.392. The summed E-state index contributed by atoms with van der Waals surface area (Å²) in [6, 6.07) is 25.1. The number of hydrogen-bond acceptors (Lipinski definition) is 7. The molecule has 0 aliphatic carbocycles. The van der Waals surface area contributed by atoms with Gasteiger partial charge in [-0.05, 0) is 54.1 Å². The number of para-hydroxylation sites is 1. The maximum atomic E-state index is 10.8. The fraction of sp³-hybridized carbons (Fsp3) is 0.0667. The predicted octanol–water partition coefficient (Wildman–Crippen LogP) is 6.02. The molecule has 5 heterocycles. The van der Waals surface area contributed by atoms with Crippen molar-refractivity contribution in [2.24, 2.45) is 0 Å². The van der Waals surface area contributed by atoms with Gasteiger partial charge < -0.3 is 14.3 Å². The van der Waals surface area contributed by atoms with Crippen molar-refractivity contribution in [1.82, 2.24) is 29.4 Å². The van der Waals surface area contributed by atoms with Gasteiger partial charge in [-0.2, -0.15) is 5.10 Å². The molecule has 7 aromatic rings. The van der Waals surface area contributed by atoms with Crippen LogP contribution in [-0.2, 0) is 0 Å². The molecular weight excluding hydrogens is 492 g/mol. The molecular formula is C30H20N6O3. The minimum atomic E-state index is -0.380.